The molecule has 5 heteroatoms. The summed E-state index contributed by atoms with van der Waals surface area (Å²) in [6, 6.07) is 5.52. The van der Waals surface area contributed by atoms with Gasteiger partial charge in [0.1, 0.15) is 12.4 Å². The minimum absolute atomic E-state index is 0.0293. The van der Waals surface area contributed by atoms with Crippen LogP contribution in [0.15, 0.2) is 35.1 Å². The van der Waals surface area contributed by atoms with E-state index in [1.807, 2.05) is 31.4 Å². The van der Waals surface area contributed by atoms with Crippen LogP contribution in [-0.4, -0.2) is 14.9 Å². The molecule has 1 heterocycles. The lowest BCUT2D eigenvalue weighted by Gasteiger charge is -2.07. The third-order valence-corrected chi connectivity index (χ3v) is 2.95. The summed E-state index contributed by atoms with van der Waals surface area (Å²) in [4.78, 5) is 0. The van der Waals surface area contributed by atoms with E-state index in [0.717, 1.165) is 21.3 Å². The first-order chi connectivity index (χ1) is 8.19. The predicted octanol–water partition coefficient (Wildman–Crippen LogP) is 2.25. The number of rotatable bonds is 4. The van der Waals surface area contributed by atoms with Crippen LogP contribution in [0.4, 0.5) is 0 Å². The first-order valence-electron chi connectivity index (χ1n) is 5.18. The van der Waals surface area contributed by atoms with Crippen LogP contribution in [0.5, 0.6) is 5.75 Å². The molecule has 4 nitrogen and oxygen atoms in total. The molecule has 0 fully saturated rings. The monoisotopic (exact) mass is 296 g/mol. The topological polar surface area (TPSA) is 47.3 Å². The fourth-order valence-electron chi connectivity index (χ4n) is 1.47. The van der Waals surface area contributed by atoms with Gasteiger partial charge in [-0.3, -0.25) is 4.68 Å². The Kier molecular flexibility index (Phi) is 3.81. The molecule has 0 radical (unpaired) electrons. The molecule has 2 aromatic rings. The second kappa shape index (κ2) is 5.33. The average molecular weight is 297 g/mol. The molecule has 0 atom stereocenters. The Morgan fingerprint density at radius 2 is 2.24 bits per heavy atom. The number of aliphatic hydroxyl groups is 1. The number of aliphatic hydroxyl groups excluding tert-OH is 1. The maximum atomic E-state index is 8.99. The van der Waals surface area contributed by atoms with Crippen LogP contribution in [0, 0.1) is 0 Å². The van der Waals surface area contributed by atoms with Crippen molar-refractivity contribution in [2.24, 2.45) is 7.05 Å². The summed E-state index contributed by atoms with van der Waals surface area (Å²) in [5.41, 5.74) is 1.87. The van der Waals surface area contributed by atoms with Crippen LogP contribution in [0.2, 0.25) is 0 Å². The van der Waals surface area contributed by atoms with E-state index in [2.05, 4.69) is 21.0 Å². The molecule has 0 amide bonds. The fourth-order valence-corrected chi connectivity index (χ4v) is 2.01. The molecule has 0 saturated heterocycles. The summed E-state index contributed by atoms with van der Waals surface area (Å²) in [6.45, 7) is 0.506. The molecule has 17 heavy (non-hydrogen) atoms. The molecule has 90 valence electrons. The zero-order valence-corrected chi connectivity index (χ0v) is 11.0. The first kappa shape index (κ1) is 12.1. The highest BCUT2D eigenvalue weighted by Gasteiger charge is 2.03. The third-order valence-electron chi connectivity index (χ3n) is 2.33. The van der Waals surface area contributed by atoms with Gasteiger partial charge in [0.15, 0.2) is 0 Å². The van der Waals surface area contributed by atoms with Gasteiger partial charge >= 0.3 is 0 Å². The first-order valence-corrected chi connectivity index (χ1v) is 5.98. The quantitative estimate of drug-likeness (QED) is 0.941. The van der Waals surface area contributed by atoms with E-state index < -0.39 is 0 Å². The molecule has 2 rings (SSSR count). The molecule has 1 N–H and O–H groups in total. The SMILES string of the molecule is Cn1cc(COc2ccc(CO)cc2Br)cn1. The molecule has 0 spiro atoms. The number of aryl methyl sites for hydroxylation is 1. The normalized spacial score (nSPS) is 10.5. The van der Waals surface area contributed by atoms with Gasteiger partial charge in [0, 0.05) is 18.8 Å². The smallest absolute Gasteiger partial charge is 0.134 e. The second-order valence-corrected chi connectivity index (χ2v) is 4.59. The van der Waals surface area contributed by atoms with E-state index >= 15 is 0 Å². The predicted molar refractivity (Wildman–Crippen MR) is 67.6 cm³/mol. The molecule has 0 aliphatic heterocycles. The Balaban J connectivity index is 2.04. The summed E-state index contributed by atoms with van der Waals surface area (Å²) in [7, 11) is 1.87. The van der Waals surface area contributed by atoms with E-state index in [-0.39, 0.29) is 6.61 Å². The van der Waals surface area contributed by atoms with Crippen molar-refractivity contribution in [1.29, 1.82) is 0 Å². The molecule has 0 aliphatic carbocycles. The van der Waals surface area contributed by atoms with Gasteiger partial charge in [-0.2, -0.15) is 5.10 Å². The van der Waals surface area contributed by atoms with Crippen LogP contribution in [0.3, 0.4) is 0 Å². The van der Waals surface area contributed by atoms with Gasteiger partial charge in [0.25, 0.3) is 0 Å². The number of nitrogens with zero attached hydrogens (tertiary/aromatic N) is 2. The van der Waals surface area contributed by atoms with Crippen LogP contribution in [0.1, 0.15) is 11.1 Å². The minimum Gasteiger partial charge on any atom is -0.488 e. The van der Waals surface area contributed by atoms with Crippen LogP contribution in [-0.2, 0) is 20.3 Å². The van der Waals surface area contributed by atoms with Crippen molar-refractivity contribution in [2.75, 3.05) is 0 Å². The van der Waals surface area contributed by atoms with Crippen molar-refractivity contribution in [2.45, 2.75) is 13.2 Å². The van der Waals surface area contributed by atoms with Crippen LogP contribution >= 0.6 is 15.9 Å². The highest BCUT2D eigenvalue weighted by Crippen LogP contribution is 2.26. The van der Waals surface area contributed by atoms with Gasteiger partial charge in [0.2, 0.25) is 0 Å². The van der Waals surface area contributed by atoms with E-state index in [4.69, 9.17) is 9.84 Å². The highest BCUT2D eigenvalue weighted by molar-refractivity contribution is 9.10. The molecule has 0 aliphatic rings. The summed E-state index contributed by atoms with van der Waals surface area (Å²) in [6.07, 6.45) is 3.69. The van der Waals surface area contributed by atoms with Gasteiger partial charge in [-0.25, -0.2) is 0 Å². The standard InChI is InChI=1S/C12H13BrN2O2/c1-15-6-10(5-14-15)8-17-12-3-2-9(7-16)4-11(12)13/h2-6,16H,7-8H2,1H3. The number of hydrogen-bond donors (Lipinski definition) is 1. The summed E-state index contributed by atoms with van der Waals surface area (Å²) in [5.74, 6) is 0.756. The van der Waals surface area contributed by atoms with E-state index in [1.165, 1.54) is 0 Å². The molecule has 0 bridgehead atoms. The number of hydrogen-bond acceptors (Lipinski definition) is 3. The molecule has 1 aromatic heterocycles. The van der Waals surface area contributed by atoms with Gasteiger partial charge in [-0.05, 0) is 33.6 Å². The highest BCUT2D eigenvalue weighted by atomic mass is 79.9. The number of aromatic nitrogens is 2. The zero-order valence-electron chi connectivity index (χ0n) is 9.43. The summed E-state index contributed by atoms with van der Waals surface area (Å²) >= 11 is 3.41. The second-order valence-electron chi connectivity index (χ2n) is 3.73. The Labute approximate surface area is 108 Å². The summed E-state index contributed by atoms with van der Waals surface area (Å²) < 4.78 is 8.23. The number of ether oxygens (including phenoxy) is 1. The van der Waals surface area contributed by atoms with Crippen molar-refractivity contribution in [3.8, 4) is 5.75 Å². The molecule has 1 aromatic carbocycles. The van der Waals surface area contributed by atoms with E-state index in [9.17, 15) is 0 Å². The maximum Gasteiger partial charge on any atom is 0.134 e. The Morgan fingerprint density at radius 3 is 2.82 bits per heavy atom. The molecule has 0 unspecified atom stereocenters. The minimum atomic E-state index is 0.0293. The van der Waals surface area contributed by atoms with Crippen molar-refractivity contribution in [3.05, 3.63) is 46.2 Å². The fraction of sp³-hybridized carbons (Fsp3) is 0.250. The van der Waals surface area contributed by atoms with Crippen molar-refractivity contribution < 1.29 is 9.84 Å². The maximum absolute atomic E-state index is 8.99. The van der Waals surface area contributed by atoms with E-state index in [1.54, 1.807) is 10.9 Å². The lowest BCUT2D eigenvalue weighted by Crippen LogP contribution is -1.95. The molecule has 0 saturated carbocycles. The van der Waals surface area contributed by atoms with Crippen molar-refractivity contribution in [1.82, 2.24) is 9.78 Å². The largest absolute Gasteiger partial charge is 0.488 e. The lowest BCUT2D eigenvalue weighted by atomic mass is 10.2. The van der Waals surface area contributed by atoms with Crippen LogP contribution < -0.4 is 4.74 Å². The van der Waals surface area contributed by atoms with E-state index in [0.29, 0.717) is 6.61 Å². The molecular formula is C12H13BrN2O2. The number of benzene rings is 1. The van der Waals surface area contributed by atoms with Crippen molar-refractivity contribution >= 4 is 15.9 Å². The average Bonchev–Trinajstić information content (AvgIpc) is 2.73. The Hall–Kier alpha value is -1.33. The third kappa shape index (κ3) is 3.08. The Morgan fingerprint density at radius 1 is 1.41 bits per heavy atom. The Bertz CT molecular complexity index is 511. The zero-order chi connectivity index (χ0) is 12.3. The lowest BCUT2D eigenvalue weighted by molar-refractivity contribution is 0.280. The number of halogens is 1. The van der Waals surface area contributed by atoms with Gasteiger partial charge in [-0.1, -0.05) is 6.07 Å². The van der Waals surface area contributed by atoms with Gasteiger partial charge < -0.3 is 9.84 Å². The van der Waals surface area contributed by atoms with Crippen molar-refractivity contribution in [3.63, 3.8) is 0 Å². The summed E-state index contributed by atoms with van der Waals surface area (Å²) in [5, 5.41) is 13.1. The molecular weight excluding hydrogens is 284 g/mol. The van der Waals surface area contributed by atoms with Crippen LogP contribution in [0.25, 0.3) is 0 Å². The van der Waals surface area contributed by atoms with Gasteiger partial charge in [-0.15, -0.1) is 0 Å². The van der Waals surface area contributed by atoms with Gasteiger partial charge in [0.05, 0.1) is 17.3 Å².